The van der Waals surface area contributed by atoms with E-state index in [2.05, 4.69) is 29.6 Å². The zero-order chi connectivity index (χ0) is 12.1. The lowest BCUT2D eigenvalue weighted by molar-refractivity contribution is -0.142. The average molecular weight is 251 g/mol. The zero-order valence-electron chi connectivity index (χ0n) is 9.89. The van der Waals surface area contributed by atoms with Gasteiger partial charge in [0, 0.05) is 17.5 Å². The molecule has 92 valence electrons. The highest BCUT2D eigenvalue weighted by Crippen LogP contribution is 2.25. The van der Waals surface area contributed by atoms with E-state index in [4.69, 9.17) is 4.74 Å². The minimum absolute atomic E-state index is 0.117. The van der Waals surface area contributed by atoms with Crippen LogP contribution in [0.1, 0.15) is 12.0 Å². The quantitative estimate of drug-likeness (QED) is 0.829. The Morgan fingerprint density at radius 2 is 2.24 bits per heavy atom. The Labute approximate surface area is 106 Å². The minimum Gasteiger partial charge on any atom is -0.468 e. The first-order valence-corrected chi connectivity index (χ1v) is 6.81. The maximum atomic E-state index is 11.3. The summed E-state index contributed by atoms with van der Waals surface area (Å²) in [6.07, 6.45) is 0.865. The van der Waals surface area contributed by atoms with Gasteiger partial charge in [-0.2, -0.15) is 11.8 Å². The van der Waals surface area contributed by atoms with Crippen molar-refractivity contribution in [3.05, 3.63) is 35.9 Å². The Morgan fingerprint density at radius 1 is 1.47 bits per heavy atom. The fraction of sp³-hybridized carbons (Fsp3) is 0.462. The number of thioether (sulfide) groups is 1. The highest BCUT2D eigenvalue weighted by atomic mass is 32.2. The summed E-state index contributed by atoms with van der Waals surface area (Å²) in [5.74, 6) is 0.856. The normalized spacial score (nSPS) is 23.6. The first-order chi connectivity index (χ1) is 8.29. The summed E-state index contributed by atoms with van der Waals surface area (Å²) < 4.78 is 4.73. The first kappa shape index (κ1) is 12.5. The molecule has 2 rings (SSSR count). The smallest absolute Gasteiger partial charge is 0.322 e. The van der Waals surface area contributed by atoms with Crippen molar-refractivity contribution in [3.63, 3.8) is 0 Å². The monoisotopic (exact) mass is 251 g/mol. The molecule has 1 aromatic rings. The van der Waals surface area contributed by atoms with Crippen LogP contribution in [0.2, 0.25) is 0 Å². The number of carbonyl (C=O) groups is 1. The molecule has 4 heteroatoms. The maximum absolute atomic E-state index is 11.3. The molecule has 1 heterocycles. The standard InChI is InChI=1S/C13H17NO2S/c1-16-13(15)12-7-11(8-14-12)17-9-10-5-3-2-4-6-10/h2-6,11-12,14H,7-9H2,1H3/t11-,12-/m0/s1. The highest BCUT2D eigenvalue weighted by Gasteiger charge is 2.30. The van der Waals surface area contributed by atoms with Crippen molar-refractivity contribution in [1.82, 2.24) is 5.32 Å². The summed E-state index contributed by atoms with van der Waals surface area (Å²) in [6, 6.07) is 10.3. The molecular formula is C13H17NO2S. The van der Waals surface area contributed by atoms with Gasteiger partial charge in [0.2, 0.25) is 0 Å². The second-order valence-electron chi connectivity index (χ2n) is 4.14. The summed E-state index contributed by atoms with van der Waals surface area (Å²) in [4.78, 5) is 11.3. The van der Waals surface area contributed by atoms with Crippen LogP contribution in [0.4, 0.5) is 0 Å². The first-order valence-electron chi connectivity index (χ1n) is 5.76. The number of rotatable bonds is 4. The van der Waals surface area contributed by atoms with E-state index in [9.17, 15) is 4.79 Å². The van der Waals surface area contributed by atoms with Crippen molar-refractivity contribution >= 4 is 17.7 Å². The Kier molecular flexibility index (Phi) is 4.45. The average Bonchev–Trinajstić information content (AvgIpc) is 2.85. The number of carbonyl (C=O) groups excluding carboxylic acids is 1. The van der Waals surface area contributed by atoms with Gasteiger partial charge in [-0.05, 0) is 12.0 Å². The molecule has 0 amide bonds. The van der Waals surface area contributed by atoms with E-state index in [0.29, 0.717) is 5.25 Å². The van der Waals surface area contributed by atoms with Crippen molar-refractivity contribution in [2.75, 3.05) is 13.7 Å². The summed E-state index contributed by atoms with van der Waals surface area (Å²) >= 11 is 1.90. The second-order valence-corrected chi connectivity index (χ2v) is 5.43. The van der Waals surface area contributed by atoms with Gasteiger partial charge >= 0.3 is 5.97 Å². The van der Waals surface area contributed by atoms with Gasteiger partial charge in [-0.15, -0.1) is 0 Å². The van der Waals surface area contributed by atoms with Gasteiger partial charge in [-0.25, -0.2) is 0 Å². The van der Waals surface area contributed by atoms with Gasteiger partial charge in [0.25, 0.3) is 0 Å². The molecule has 0 unspecified atom stereocenters. The number of methoxy groups -OCH3 is 1. The highest BCUT2D eigenvalue weighted by molar-refractivity contribution is 7.99. The summed E-state index contributed by atoms with van der Waals surface area (Å²) in [5, 5.41) is 3.70. The van der Waals surface area contributed by atoms with Crippen LogP contribution in [0, 0.1) is 0 Å². The second kappa shape index (κ2) is 6.07. The van der Waals surface area contributed by atoms with Crippen LogP contribution in [0.15, 0.2) is 30.3 Å². The van der Waals surface area contributed by atoms with E-state index in [1.165, 1.54) is 12.7 Å². The number of esters is 1. The lowest BCUT2D eigenvalue weighted by Gasteiger charge is -2.08. The molecule has 0 radical (unpaired) electrons. The van der Waals surface area contributed by atoms with Crippen LogP contribution in [0.25, 0.3) is 0 Å². The van der Waals surface area contributed by atoms with Gasteiger partial charge in [0.05, 0.1) is 7.11 Å². The summed E-state index contributed by atoms with van der Waals surface area (Å²) in [7, 11) is 1.44. The summed E-state index contributed by atoms with van der Waals surface area (Å²) in [6.45, 7) is 0.886. The van der Waals surface area contributed by atoms with Crippen LogP contribution in [0.3, 0.4) is 0 Å². The number of hydrogen-bond donors (Lipinski definition) is 1. The van der Waals surface area contributed by atoms with Gasteiger partial charge in [-0.1, -0.05) is 30.3 Å². The molecule has 3 nitrogen and oxygen atoms in total. The van der Waals surface area contributed by atoms with Crippen molar-refractivity contribution in [2.24, 2.45) is 0 Å². The van der Waals surface area contributed by atoms with Crippen LogP contribution >= 0.6 is 11.8 Å². The van der Waals surface area contributed by atoms with Crippen molar-refractivity contribution in [3.8, 4) is 0 Å². The van der Waals surface area contributed by atoms with Crippen LogP contribution in [0.5, 0.6) is 0 Å². The third kappa shape index (κ3) is 3.48. The molecule has 1 aliphatic rings. The molecule has 1 aromatic carbocycles. The van der Waals surface area contributed by atoms with Crippen molar-refractivity contribution in [1.29, 1.82) is 0 Å². The third-order valence-electron chi connectivity index (χ3n) is 2.90. The SMILES string of the molecule is COC(=O)[C@@H]1C[C@H](SCc2ccccc2)CN1. The molecule has 0 saturated carbocycles. The largest absolute Gasteiger partial charge is 0.468 e. The maximum Gasteiger partial charge on any atom is 0.322 e. The van der Waals surface area contributed by atoms with E-state index in [1.54, 1.807) is 0 Å². The molecule has 1 fully saturated rings. The van der Waals surface area contributed by atoms with E-state index < -0.39 is 0 Å². The van der Waals surface area contributed by atoms with E-state index >= 15 is 0 Å². The molecule has 0 spiro atoms. The van der Waals surface area contributed by atoms with E-state index in [-0.39, 0.29) is 12.0 Å². The predicted molar refractivity (Wildman–Crippen MR) is 69.9 cm³/mol. The molecule has 0 aromatic heterocycles. The van der Waals surface area contributed by atoms with Crippen molar-refractivity contribution in [2.45, 2.75) is 23.5 Å². The van der Waals surface area contributed by atoms with E-state index in [1.807, 2.05) is 17.8 Å². The molecule has 0 aliphatic carbocycles. The minimum atomic E-state index is -0.146. The molecule has 17 heavy (non-hydrogen) atoms. The van der Waals surface area contributed by atoms with E-state index in [0.717, 1.165) is 18.7 Å². The predicted octanol–water partition coefficient (Wildman–Crippen LogP) is 1.82. The number of ether oxygens (including phenoxy) is 1. The molecular weight excluding hydrogens is 234 g/mol. The molecule has 1 aliphatic heterocycles. The van der Waals surface area contributed by atoms with Crippen LogP contribution < -0.4 is 5.32 Å². The topological polar surface area (TPSA) is 38.3 Å². The number of benzene rings is 1. The fourth-order valence-electron chi connectivity index (χ4n) is 1.94. The number of hydrogen-bond acceptors (Lipinski definition) is 4. The third-order valence-corrected chi connectivity index (χ3v) is 4.24. The molecule has 1 saturated heterocycles. The Balaban J connectivity index is 1.77. The van der Waals surface area contributed by atoms with Gasteiger partial charge in [0.1, 0.15) is 6.04 Å². The zero-order valence-corrected chi connectivity index (χ0v) is 10.7. The van der Waals surface area contributed by atoms with Crippen molar-refractivity contribution < 1.29 is 9.53 Å². The lowest BCUT2D eigenvalue weighted by atomic mass is 10.2. The Hall–Kier alpha value is -1.00. The van der Waals surface area contributed by atoms with Crippen LogP contribution in [-0.4, -0.2) is 30.9 Å². The lowest BCUT2D eigenvalue weighted by Crippen LogP contribution is -2.31. The Bertz CT molecular complexity index is 369. The Morgan fingerprint density at radius 3 is 2.94 bits per heavy atom. The number of nitrogens with one attached hydrogen (secondary N) is 1. The van der Waals surface area contributed by atoms with Crippen LogP contribution in [-0.2, 0) is 15.3 Å². The molecule has 1 N–H and O–H groups in total. The molecule has 0 bridgehead atoms. The van der Waals surface area contributed by atoms with Gasteiger partial charge < -0.3 is 10.1 Å². The molecule has 2 atom stereocenters. The van der Waals surface area contributed by atoms with Gasteiger partial charge in [0.15, 0.2) is 0 Å². The van der Waals surface area contributed by atoms with Gasteiger partial charge in [-0.3, -0.25) is 4.79 Å². The fourth-order valence-corrected chi connectivity index (χ4v) is 3.10. The summed E-state index contributed by atoms with van der Waals surface area (Å²) in [5.41, 5.74) is 1.33.